The molecule has 4 heteroatoms. The Balaban J connectivity index is 2.08. The minimum Gasteiger partial charge on any atom is -0.483 e. The van der Waals surface area contributed by atoms with Crippen LogP contribution in [-0.2, 0) is 11.2 Å². The molecule has 0 heterocycles. The molecule has 2 rings (SSSR count). The smallest absolute Gasteiger partial charge is 0.258 e. The Morgan fingerprint density at radius 2 is 1.83 bits per heavy atom. The molecule has 0 atom stereocenters. The summed E-state index contributed by atoms with van der Waals surface area (Å²) in [5.74, 6) is 0.542. The lowest BCUT2D eigenvalue weighted by atomic mass is 10.0. The minimum absolute atomic E-state index is 0.0132. The third kappa shape index (κ3) is 5.95. The zero-order chi connectivity index (χ0) is 16.9. The Hall–Kier alpha value is -2.00. The van der Waals surface area contributed by atoms with Crippen molar-refractivity contribution in [1.29, 1.82) is 0 Å². The number of benzene rings is 2. The molecule has 0 saturated heterocycles. The summed E-state index contributed by atoms with van der Waals surface area (Å²) in [6, 6.07) is 15.5. The maximum atomic E-state index is 11.9. The highest BCUT2D eigenvalue weighted by Gasteiger charge is 2.15. The summed E-state index contributed by atoms with van der Waals surface area (Å²) in [5, 5.41) is 3.53. The first-order valence-electron chi connectivity index (χ1n) is 7.60. The number of halogens is 1. The number of rotatable bonds is 5. The number of hydrogen-bond donors (Lipinski definition) is 1. The van der Waals surface area contributed by atoms with Crippen molar-refractivity contribution in [2.45, 2.75) is 32.7 Å². The van der Waals surface area contributed by atoms with Crippen molar-refractivity contribution in [2.24, 2.45) is 0 Å². The molecule has 23 heavy (non-hydrogen) atoms. The monoisotopic (exact) mass is 331 g/mol. The fraction of sp³-hybridized carbons (Fsp3) is 0.316. The lowest BCUT2D eigenvalue weighted by Crippen LogP contribution is -2.43. The highest BCUT2D eigenvalue weighted by Crippen LogP contribution is 2.25. The predicted molar refractivity (Wildman–Crippen MR) is 94.1 cm³/mol. The van der Waals surface area contributed by atoms with Gasteiger partial charge in [0.2, 0.25) is 0 Å². The van der Waals surface area contributed by atoms with Crippen molar-refractivity contribution in [3.8, 4) is 5.75 Å². The van der Waals surface area contributed by atoms with Gasteiger partial charge in [0.1, 0.15) is 5.75 Å². The summed E-state index contributed by atoms with van der Waals surface area (Å²) in [4.78, 5) is 11.9. The predicted octanol–water partition coefficient (Wildman–Crippen LogP) is 4.22. The second-order valence-electron chi connectivity index (χ2n) is 6.50. The van der Waals surface area contributed by atoms with Crippen LogP contribution >= 0.6 is 11.6 Å². The fourth-order valence-corrected chi connectivity index (χ4v) is 2.44. The molecule has 0 radical (unpaired) electrons. The van der Waals surface area contributed by atoms with Crippen LogP contribution in [0, 0.1) is 0 Å². The summed E-state index contributed by atoms with van der Waals surface area (Å²) < 4.78 is 5.70. The Kier molecular flexibility index (Phi) is 5.67. The van der Waals surface area contributed by atoms with Crippen molar-refractivity contribution < 1.29 is 9.53 Å². The Bertz CT molecular complexity index is 663. The number of ether oxygens (including phenoxy) is 1. The van der Waals surface area contributed by atoms with Gasteiger partial charge in [-0.05, 0) is 50.1 Å². The zero-order valence-corrected chi connectivity index (χ0v) is 14.5. The fourth-order valence-electron chi connectivity index (χ4n) is 2.24. The molecule has 1 amide bonds. The summed E-state index contributed by atoms with van der Waals surface area (Å²) >= 11 is 6.10. The van der Waals surface area contributed by atoms with Crippen LogP contribution in [0.3, 0.4) is 0 Å². The number of carbonyl (C=O) groups is 1. The molecule has 0 aliphatic heterocycles. The van der Waals surface area contributed by atoms with Crippen molar-refractivity contribution in [1.82, 2.24) is 5.32 Å². The first kappa shape index (κ1) is 17.4. The van der Waals surface area contributed by atoms with Gasteiger partial charge in [-0.2, -0.15) is 0 Å². The molecule has 1 N–H and O–H groups in total. The standard InChI is InChI=1S/C19H22ClNO2/c1-19(2,3)21-18(22)13-23-17-10-9-16(20)12-15(17)11-14-7-5-4-6-8-14/h4-10,12H,11,13H2,1-3H3,(H,21,22). The molecule has 0 bridgehead atoms. The van der Waals surface area contributed by atoms with Crippen molar-refractivity contribution in [3.63, 3.8) is 0 Å². The van der Waals surface area contributed by atoms with Gasteiger partial charge in [-0.15, -0.1) is 0 Å². The molecule has 0 spiro atoms. The van der Waals surface area contributed by atoms with Crippen LogP contribution in [0.1, 0.15) is 31.9 Å². The summed E-state index contributed by atoms with van der Waals surface area (Å²) in [7, 11) is 0. The number of hydrogen-bond acceptors (Lipinski definition) is 2. The van der Waals surface area contributed by atoms with Gasteiger partial charge in [0.05, 0.1) is 0 Å². The second-order valence-corrected chi connectivity index (χ2v) is 6.94. The van der Waals surface area contributed by atoms with Gasteiger partial charge in [0.25, 0.3) is 5.91 Å². The van der Waals surface area contributed by atoms with Gasteiger partial charge in [-0.25, -0.2) is 0 Å². The Morgan fingerprint density at radius 1 is 1.13 bits per heavy atom. The summed E-state index contributed by atoms with van der Waals surface area (Å²) in [5.41, 5.74) is 1.86. The van der Waals surface area contributed by atoms with Crippen molar-refractivity contribution >= 4 is 17.5 Å². The first-order valence-corrected chi connectivity index (χ1v) is 7.97. The molecule has 2 aromatic carbocycles. The molecule has 0 unspecified atom stereocenters. The molecule has 0 aliphatic carbocycles. The van der Waals surface area contributed by atoms with E-state index in [1.54, 1.807) is 6.07 Å². The largest absolute Gasteiger partial charge is 0.483 e. The SMILES string of the molecule is CC(C)(C)NC(=O)COc1ccc(Cl)cc1Cc1ccccc1. The van der Waals surface area contributed by atoms with E-state index in [0.29, 0.717) is 17.2 Å². The minimum atomic E-state index is -0.271. The average molecular weight is 332 g/mol. The van der Waals surface area contributed by atoms with Gasteiger partial charge in [-0.3, -0.25) is 4.79 Å². The zero-order valence-electron chi connectivity index (χ0n) is 13.7. The second kappa shape index (κ2) is 7.51. The summed E-state index contributed by atoms with van der Waals surface area (Å²) in [6.45, 7) is 5.80. The molecule has 0 aliphatic rings. The Morgan fingerprint density at radius 3 is 2.48 bits per heavy atom. The molecule has 3 nitrogen and oxygen atoms in total. The third-order valence-corrected chi connectivity index (χ3v) is 3.37. The van der Waals surface area contributed by atoms with E-state index in [4.69, 9.17) is 16.3 Å². The molecular weight excluding hydrogens is 310 g/mol. The lowest BCUT2D eigenvalue weighted by molar-refractivity contribution is -0.124. The number of carbonyl (C=O) groups excluding carboxylic acids is 1. The molecule has 0 fully saturated rings. The van der Waals surface area contributed by atoms with E-state index >= 15 is 0 Å². The van der Waals surface area contributed by atoms with E-state index in [-0.39, 0.29) is 18.1 Å². The van der Waals surface area contributed by atoms with E-state index in [0.717, 1.165) is 5.56 Å². The van der Waals surface area contributed by atoms with Gasteiger partial charge >= 0.3 is 0 Å². The number of amides is 1. The van der Waals surface area contributed by atoms with E-state index in [1.165, 1.54) is 5.56 Å². The number of nitrogens with one attached hydrogen (secondary N) is 1. The molecule has 122 valence electrons. The molecular formula is C19H22ClNO2. The van der Waals surface area contributed by atoms with Crippen molar-refractivity contribution in [3.05, 3.63) is 64.7 Å². The van der Waals surface area contributed by atoms with Gasteiger partial charge < -0.3 is 10.1 Å². The molecule has 2 aromatic rings. The van der Waals surface area contributed by atoms with Gasteiger partial charge in [0.15, 0.2) is 6.61 Å². The lowest BCUT2D eigenvalue weighted by Gasteiger charge is -2.21. The van der Waals surface area contributed by atoms with Crippen molar-refractivity contribution in [2.75, 3.05) is 6.61 Å². The normalized spacial score (nSPS) is 11.1. The van der Waals surface area contributed by atoms with Crippen LogP contribution in [0.4, 0.5) is 0 Å². The van der Waals surface area contributed by atoms with E-state index < -0.39 is 0 Å². The van der Waals surface area contributed by atoms with Crippen LogP contribution in [0.5, 0.6) is 5.75 Å². The van der Waals surface area contributed by atoms with Gasteiger partial charge in [0, 0.05) is 17.0 Å². The van der Waals surface area contributed by atoms with Crippen LogP contribution in [-0.4, -0.2) is 18.1 Å². The first-order chi connectivity index (χ1) is 10.8. The van der Waals surface area contributed by atoms with E-state index in [9.17, 15) is 4.79 Å². The van der Waals surface area contributed by atoms with Crippen LogP contribution in [0.15, 0.2) is 48.5 Å². The van der Waals surface area contributed by atoms with E-state index in [2.05, 4.69) is 17.4 Å². The highest BCUT2D eigenvalue weighted by atomic mass is 35.5. The van der Waals surface area contributed by atoms with Crippen LogP contribution in [0.2, 0.25) is 5.02 Å². The summed E-state index contributed by atoms with van der Waals surface area (Å²) in [6.07, 6.45) is 0.706. The molecule has 0 aromatic heterocycles. The van der Waals surface area contributed by atoms with Crippen LogP contribution in [0.25, 0.3) is 0 Å². The maximum absolute atomic E-state index is 11.9. The topological polar surface area (TPSA) is 38.3 Å². The third-order valence-electron chi connectivity index (χ3n) is 3.13. The maximum Gasteiger partial charge on any atom is 0.258 e. The van der Waals surface area contributed by atoms with Gasteiger partial charge in [-0.1, -0.05) is 41.9 Å². The van der Waals surface area contributed by atoms with E-state index in [1.807, 2.05) is 51.1 Å². The quantitative estimate of drug-likeness (QED) is 0.890. The molecule has 0 saturated carbocycles. The van der Waals surface area contributed by atoms with Crippen LogP contribution < -0.4 is 10.1 Å². The average Bonchev–Trinajstić information content (AvgIpc) is 2.46. The Labute approximate surface area is 142 Å². The highest BCUT2D eigenvalue weighted by molar-refractivity contribution is 6.30.